The molecule has 1 N–H and O–H groups in total. The Morgan fingerprint density at radius 2 is 1.73 bits per heavy atom. The maximum atomic E-state index is 12.6. The fourth-order valence-corrected chi connectivity index (χ4v) is 4.17. The van der Waals surface area contributed by atoms with E-state index in [1.165, 1.54) is 17.4 Å². The Bertz CT molecular complexity index is 919. The number of carbonyl (C=O) groups excluding carboxylic acids is 3. The van der Waals surface area contributed by atoms with E-state index in [0.717, 1.165) is 24.4 Å². The van der Waals surface area contributed by atoms with Gasteiger partial charge in [-0.1, -0.05) is 18.2 Å². The number of nitrogens with zero attached hydrogens (tertiary/aromatic N) is 3. The standard InChI is InChI=1S/C22H26N4O4/c1-16(27)24-10-12-25(13-11-24)22(29)21(28)23-15-19(20-7-4-14-30-20)26-9-8-17-5-2-3-6-18(17)26/h2-7,14,19H,8-13,15H2,1H3,(H,23,28)/t19-/m0/s1. The molecule has 8 nitrogen and oxygen atoms in total. The van der Waals surface area contributed by atoms with Crippen LogP contribution in [0.4, 0.5) is 5.69 Å². The van der Waals surface area contributed by atoms with E-state index in [1.807, 2.05) is 24.3 Å². The van der Waals surface area contributed by atoms with Gasteiger partial charge in [-0.25, -0.2) is 0 Å². The molecule has 0 spiro atoms. The maximum absolute atomic E-state index is 12.6. The first-order valence-corrected chi connectivity index (χ1v) is 10.2. The zero-order chi connectivity index (χ0) is 21.1. The van der Waals surface area contributed by atoms with E-state index >= 15 is 0 Å². The van der Waals surface area contributed by atoms with Crippen molar-refractivity contribution in [3.8, 4) is 0 Å². The zero-order valence-electron chi connectivity index (χ0n) is 17.0. The second-order valence-corrected chi connectivity index (χ2v) is 7.61. The van der Waals surface area contributed by atoms with Crippen LogP contribution in [0.1, 0.15) is 24.3 Å². The van der Waals surface area contributed by atoms with Gasteiger partial charge in [0, 0.05) is 51.9 Å². The van der Waals surface area contributed by atoms with Gasteiger partial charge in [0.2, 0.25) is 5.91 Å². The Kier molecular flexibility index (Phi) is 5.74. The summed E-state index contributed by atoms with van der Waals surface area (Å²) in [5.41, 5.74) is 2.39. The van der Waals surface area contributed by atoms with Crippen LogP contribution in [0.5, 0.6) is 0 Å². The molecule has 0 aliphatic carbocycles. The van der Waals surface area contributed by atoms with Crippen molar-refractivity contribution in [2.24, 2.45) is 0 Å². The van der Waals surface area contributed by atoms with E-state index in [1.54, 1.807) is 11.2 Å². The quantitative estimate of drug-likeness (QED) is 0.766. The largest absolute Gasteiger partial charge is 0.467 e. The van der Waals surface area contributed by atoms with E-state index in [2.05, 4.69) is 22.3 Å². The van der Waals surface area contributed by atoms with Crippen LogP contribution in [0.3, 0.4) is 0 Å². The van der Waals surface area contributed by atoms with Crippen molar-refractivity contribution in [3.05, 3.63) is 54.0 Å². The van der Waals surface area contributed by atoms with Gasteiger partial charge in [0.1, 0.15) is 11.8 Å². The van der Waals surface area contributed by atoms with Gasteiger partial charge in [-0.3, -0.25) is 14.4 Å². The van der Waals surface area contributed by atoms with Crippen molar-refractivity contribution in [1.29, 1.82) is 0 Å². The number of anilines is 1. The molecule has 8 heteroatoms. The number of fused-ring (bicyclic) bond motifs is 1. The van der Waals surface area contributed by atoms with E-state index in [4.69, 9.17) is 4.42 Å². The van der Waals surface area contributed by atoms with Crippen molar-refractivity contribution >= 4 is 23.4 Å². The summed E-state index contributed by atoms with van der Waals surface area (Å²) in [5.74, 6) is -0.457. The first-order chi connectivity index (χ1) is 14.5. The molecule has 158 valence electrons. The van der Waals surface area contributed by atoms with Gasteiger partial charge in [0.05, 0.1) is 6.26 Å². The molecule has 2 aromatic rings. The topological polar surface area (TPSA) is 86.1 Å². The number of amides is 3. The van der Waals surface area contributed by atoms with Gasteiger partial charge in [-0.2, -0.15) is 0 Å². The van der Waals surface area contributed by atoms with Crippen LogP contribution in [0.25, 0.3) is 0 Å². The molecule has 4 rings (SSSR count). The van der Waals surface area contributed by atoms with Crippen molar-refractivity contribution in [1.82, 2.24) is 15.1 Å². The normalized spacial score (nSPS) is 16.9. The van der Waals surface area contributed by atoms with Gasteiger partial charge in [-0.15, -0.1) is 0 Å². The van der Waals surface area contributed by atoms with Crippen LogP contribution < -0.4 is 10.2 Å². The van der Waals surface area contributed by atoms with Gasteiger partial charge in [0.15, 0.2) is 0 Å². The summed E-state index contributed by atoms with van der Waals surface area (Å²) in [6, 6.07) is 11.7. The molecule has 2 aliphatic heterocycles. The predicted molar refractivity (Wildman–Crippen MR) is 111 cm³/mol. The number of carbonyl (C=O) groups is 3. The van der Waals surface area contributed by atoms with E-state index in [-0.39, 0.29) is 18.5 Å². The molecule has 0 radical (unpaired) electrons. The molecule has 0 unspecified atom stereocenters. The first kappa shape index (κ1) is 20.0. The molecule has 3 amide bonds. The smallest absolute Gasteiger partial charge is 0.312 e. The maximum Gasteiger partial charge on any atom is 0.312 e. The third-order valence-corrected chi connectivity index (χ3v) is 5.83. The minimum absolute atomic E-state index is 0.0151. The second kappa shape index (κ2) is 8.61. The molecule has 1 aromatic heterocycles. The van der Waals surface area contributed by atoms with Crippen molar-refractivity contribution in [3.63, 3.8) is 0 Å². The Hall–Kier alpha value is -3.29. The number of rotatable bonds is 4. The molecule has 1 fully saturated rings. The summed E-state index contributed by atoms with van der Waals surface area (Å²) in [7, 11) is 0. The highest BCUT2D eigenvalue weighted by molar-refractivity contribution is 6.35. The summed E-state index contributed by atoms with van der Waals surface area (Å²) >= 11 is 0. The Labute approximate surface area is 175 Å². The van der Waals surface area contributed by atoms with Gasteiger partial charge < -0.3 is 24.4 Å². The van der Waals surface area contributed by atoms with E-state index in [0.29, 0.717) is 26.2 Å². The number of hydrogen-bond acceptors (Lipinski definition) is 5. The lowest BCUT2D eigenvalue weighted by Gasteiger charge is -2.34. The molecule has 3 heterocycles. The van der Waals surface area contributed by atoms with Crippen LogP contribution in [-0.2, 0) is 20.8 Å². The van der Waals surface area contributed by atoms with Gasteiger partial charge in [-0.05, 0) is 30.2 Å². The molecule has 0 bridgehead atoms. The molecule has 0 saturated carbocycles. The summed E-state index contributed by atoms with van der Waals surface area (Å²) in [4.78, 5) is 42.0. The number of hydrogen-bond donors (Lipinski definition) is 1. The van der Waals surface area contributed by atoms with Crippen LogP contribution >= 0.6 is 0 Å². The third kappa shape index (κ3) is 4.03. The average molecular weight is 410 g/mol. The van der Waals surface area contributed by atoms with Crippen LogP contribution in [0, 0.1) is 0 Å². The first-order valence-electron chi connectivity index (χ1n) is 10.2. The predicted octanol–water partition coefficient (Wildman–Crippen LogP) is 1.19. The highest BCUT2D eigenvalue weighted by Crippen LogP contribution is 2.34. The third-order valence-electron chi connectivity index (χ3n) is 5.83. The molecule has 30 heavy (non-hydrogen) atoms. The minimum Gasteiger partial charge on any atom is -0.467 e. The number of benzene rings is 1. The van der Waals surface area contributed by atoms with Crippen LogP contribution in [0.2, 0.25) is 0 Å². The molecule has 2 aliphatic rings. The lowest BCUT2D eigenvalue weighted by molar-refractivity contribution is -0.148. The number of furan rings is 1. The summed E-state index contributed by atoms with van der Waals surface area (Å²) < 4.78 is 5.64. The fourth-order valence-electron chi connectivity index (χ4n) is 4.17. The molecule has 1 atom stereocenters. The highest BCUT2D eigenvalue weighted by atomic mass is 16.3. The molecule has 1 saturated heterocycles. The average Bonchev–Trinajstić information content (AvgIpc) is 3.44. The Balaban J connectivity index is 1.40. The molecule has 1 aromatic carbocycles. The van der Waals surface area contributed by atoms with E-state index < -0.39 is 11.8 Å². The highest BCUT2D eigenvalue weighted by Gasteiger charge is 2.31. The summed E-state index contributed by atoms with van der Waals surface area (Å²) in [5, 5.41) is 2.80. The Morgan fingerprint density at radius 3 is 2.43 bits per heavy atom. The van der Waals surface area contributed by atoms with E-state index in [9.17, 15) is 14.4 Å². The SMILES string of the molecule is CC(=O)N1CCN(C(=O)C(=O)NC[C@@H](c2ccco2)N2CCc3ccccc32)CC1. The van der Waals surface area contributed by atoms with Crippen molar-refractivity contribution in [2.45, 2.75) is 19.4 Å². The Morgan fingerprint density at radius 1 is 1.00 bits per heavy atom. The summed E-state index contributed by atoms with van der Waals surface area (Å²) in [6.45, 7) is 4.23. The van der Waals surface area contributed by atoms with Crippen molar-refractivity contribution < 1.29 is 18.8 Å². The lowest BCUT2D eigenvalue weighted by atomic mass is 10.1. The van der Waals surface area contributed by atoms with Crippen molar-refractivity contribution in [2.75, 3.05) is 44.2 Å². The van der Waals surface area contributed by atoms with Crippen LogP contribution in [0.15, 0.2) is 47.1 Å². The zero-order valence-corrected chi connectivity index (χ0v) is 17.0. The monoisotopic (exact) mass is 410 g/mol. The second-order valence-electron chi connectivity index (χ2n) is 7.61. The molecular formula is C22H26N4O4. The molecular weight excluding hydrogens is 384 g/mol. The number of piperazine rings is 1. The van der Waals surface area contributed by atoms with Crippen LogP contribution in [-0.4, -0.2) is 66.8 Å². The lowest BCUT2D eigenvalue weighted by Crippen LogP contribution is -2.54. The summed E-state index contributed by atoms with van der Waals surface area (Å²) in [6.07, 6.45) is 2.55. The number of para-hydroxylation sites is 1. The fraction of sp³-hybridized carbons (Fsp3) is 0.409. The van der Waals surface area contributed by atoms with Gasteiger partial charge >= 0.3 is 11.8 Å². The van der Waals surface area contributed by atoms with Gasteiger partial charge in [0.25, 0.3) is 0 Å². The minimum atomic E-state index is -0.629. The number of nitrogens with one attached hydrogen (secondary N) is 1.